The summed E-state index contributed by atoms with van der Waals surface area (Å²) in [5.41, 5.74) is 1.10. The maximum absolute atomic E-state index is 11.9. The van der Waals surface area contributed by atoms with Gasteiger partial charge in [-0.1, -0.05) is 30.3 Å². The zero-order valence-corrected chi connectivity index (χ0v) is 12.5. The smallest absolute Gasteiger partial charge is 0.315 e. The summed E-state index contributed by atoms with van der Waals surface area (Å²) in [7, 11) is 0. The van der Waals surface area contributed by atoms with Crippen LogP contribution in [0.25, 0.3) is 0 Å². The van der Waals surface area contributed by atoms with Gasteiger partial charge in [0.05, 0.1) is 6.04 Å². The van der Waals surface area contributed by atoms with Crippen LogP contribution in [0.3, 0.4) is 0 Å². The first-order valence-corrected chi connectivity index (χ1v) is 7.26. The first kappa shape index (κ1) is 16.0. The molecule has 1 aromatic heterocycles. The number of urea groups is 1. The molecule has 22 heavy (non-hydrogen) atoms. The molecule has 1 aromatic carbocycles. The van der Waals surface area contributed by atoms with Crippen LogP contribution in [0.15, 0.2) is 36.7 Å². The summed E-state index contributed by atoms with van der Waals surface area (Å²) in [5, 5.41) is 21.3. The molecule has 0 aliphatic rings. The number of aromatic amines is 1. The SMILES string of the molecule is CC(NC(=O)NCC(CCO)c1ccccc1)c1ncn[nH]1. The number of amides is 2. The van der Waals surface area contributed by atoms with E-state index < -0.39 is 0 Å². The average Bonchev–Trinajstić information content (AvgIpc) is 3.07. The van der Waals surface area contributed by atoms with E-state index in [9.17, 15) is 9.90 Å². The number of aliphatic hydroxyl groups excluding tert-OH is 1. The molecule has 2 rings (SSSR count). The number of aromatic nitrogens is 3. The van der Waals surface area contributed by atoms with Crippen LogP contribution in [-0.4, -0.2) is 39.5 Å². The second-order valence-corrected chi connectivity index (χ2v) is 5.07. The Balaban J connectivity index is 1.85. The molecule has 4 N–H and O–H groups in total. The van der Waals surface area contributed by atoms with Crippen molar-refractivity contribution < 1.29 is 9.90 Å². The van der Waals surface area contributed by atoms with Crippen LogP contribution in [0.1, 0.15) is 36.7 Å². The van der Waals surface area contributed by atoms with Crippen molar-refractivity contribution in [2.45, 2.75) is 25.3 Å². The lowest BCUT2D eigenvalue weighted by molar-refractivity contribution is 0.234. The number of hydrogen-bond acceptors (Lipinski definition) is 4. The maximum atomic E-state index is 11.9. The van der Waals surface area contributed by atoms with Crippen LogP contribution >= 0.6 is 0 Å². The standard InChI is InChI=1S/C15H21N5O2/c1-11(14-17-10-18-20-14)19-15(22)16-9-13(7-8-21)12-5-3-2-4-6-12/h2-6,10-11,13,21H,7-9H2,1H3,(H2,16,19,22)(H,17,18,20). The van der Waals surface area contributed by atoms with Crippen LogP contribution in [-0.2, 0) is 0 Å². The predicted octanol–water partition coefficient (Wildman–Crippen LogP) is 1.33. The molecule has 2 aromatic rings. The Morgan fingerprint density at radius 3 is 2.77 bits per heavy atom. The summed E-state index contributed by atoms with van der Waals surface area (Å²) >= 11 is 0. The van der Waals surface area contributed by atoms with Crippen molar-refractivity contribution in [3.63, 3.8) is 0 Å². The fourth-order valence-corrected chi connectivity index (χ4v) is 2.22. The number of aliphatic hydroxyl groups is 1. The largest absolute Gasteiger partial charge is 0.396 e. The Morgan fingerprint density at radius 1 is 1.36 bits per heavy atom. The number of carbonyl (C=O) groups is 1. The lowest BCUT2D eigenvalue weighted by Gasteiger charge is -2.18. The van der Waals surface area contributed by atoms with E-state index in [-0.39, 0.29) is 24.6 Å². The number of H-pyrrole nitrogens is 1. The summed E-state index contributed by atoms with van der Waals surface area (Å²) in [6.45, 7) is 2.36. The van der Waals surface area contributed by atoms with Gasteiger partial charge in [0, 0.05) is 19.1 Å². The van der Waals surface area contributed by atoms with Crippen LogP contribution < -0.4 is 10.6 Å². The Hall–Kier alpha value is -2.41. The van der Waals surface area contributed by atoms with E-state index in [1.165, 1.54) is 6.33 Å². The van der Waals surface area contributed by atoms with Crippen molar-refractivity contribution in [2.75, 3.05) is 13.2 Å². The molecular formula is C15H21N5O2. The average molecular weight is 303 g/mol. The first-order chi connectivity index (χ1) is 10.7. The van der Waals surface area contributed by atoms with Gasteiger partial charge in [0.25, 0.3) is 0 Å². The summed E-state index contributed by atoms with van der Waals surface area (Å²) in [6.07, 6.45) is 2.00. The monoisotopic (exact) mass is 303 g/mol. The van der Waals surface area contributed by atoms with Gasteiger partial charge in [-0.15, -0.1) is 0 Å². The van der Waals surface area contributed by atoms with Gasteiger partial charge in [-0.25, -0.2) is 9.78 Å². The van der Waals surface area contributed by atoms with Crippen molar-refractivity contribution in [1.29, 1.82) is 0 Å². The van der Waals surface area contributed by atoms with E-state index >= 15 is 0 Å². The molecule has 2 atom stereocenters. The molecular weight excluding hydrogens is 282 g/mol. The molecule has 1 heterocycles. The van der Waals surface area contributed by atoms with Gasteiger partial charge in [0.15, 0.2) is 0 Å². The molecule has 0 radical (unpaired) electrons. The molecule has 7 heteroatoms. The number of hydrogen-bond donors (Lipinski definition) is 4. The summed E-state index contributed by atoms with van der Waals surface area (Å²) in [5.74, 6) is 0.683. The molecule has 0 aliphatic heterocycles. The van der Waals surface area contributed by atoms with Crippen molar-refractivity contribution >= 4 is 6.03 Å². The minimum atomic E-state index is -0.275. The van der Waals surface area contributed by atoms with Crippen molar-refractivity contribution in [1.82, 2.24) is 25.8 Å². The molecule has 118 valence electrons. The Kier molecular flexibility index (Phi) is 5.91. The highest BCUT2D eigenvalue weighted by Crippen LogP contribution is 2.18. The summed E-state index contributed by atoms with van der Waals surface area (Å²) in [4.78, 5) is 15.9. The van der Waals surface area contributed by atoms with Gasteiger partial charge in [0.1, 0.15) is 12.2 Å². The summed E-state index contributed by atoms with van der Waals surface area (Å²) in [6, 6.07) is 9.31. The third kappa shape index (κ3) is 4.56. The fourth-order valence-electron chi connectivity index (χ4n) is 2.22. The van der Waals surface area contributed by atoms with Crippen molar-refractivity contribution in [3.05, 3.63) is 48.0 Å². The molecule has 0 saturated heterocycles. The van der Waals surface area contributed by atoms with E-state index in [1.54, 1.807) is 0 Å². The van der Waals surface area contributed by atoms with Crippen LogP contribution in [0.4, 0.5) is 4.79 Å². The Bertz CT molecular complexity index is 559. The van der Waals surface area contributed by atoms with Crippen molar-refractivity contribution in [3.8, 4) is 0 Å². The first-order valence-electron chi connectivity index (χ1n) is 7.26. The predicted molar refractivity (Wildman–Crippen MR) is 82.2 cm³/mol. The molecule has 2 unspecified atom stereocenters. The van der Waals surface area contributed by atoms with Crippen LogP contribution in [0.5, 0.6) is 0 Å². The number of nitrogens with zero attached hydrogens (tertiary/aromatic N) is 2. The Labute approximate surface area is 129 Å². The molecule has 0 fully saturated rings. The van der Waals surface area contributed by atoms with Crippen LogP contribution in [0.2, 0.25) is 0 Å². The molecule has 0 saturated carbocycles. The zero-order valence-electron chi connectivity index (χ0n) is 12.5. The van der Waals surface area contributed by atoms with E-state index in [0.717, 1.165) is 5.56 Å². The van der Waals surface area contributed by atoms with Gasteiger partial charge in [-0.3, -0.25) is 5.10 Å². The van der Waals surface area contributed by atoms with E-state index in [2.05, 4.69) is 25.8 Å². The van der Waals surface area contributed by atoms with E-state index in [4.69, 9.17) is 0 Å². The molecule has 0 spiro atoms. The number of benzene rings is 1. The van der Waals surface area contributed by atoms with Gasteiger partial charge in [-0.05, 0) is 18.9 Å². The third-order valence-electron chi connectivity index (χ3n) is 3.45. The lowest BCUT2D eigenvalue weighted by Crippen LogP contribution is -2.39. The Morgan fingerprint density at radius 2 is 2.14 bits per heavy atom. The zero-order chi connectivity index (χ0) is 15.8. The highest BCUT2D eigenvalue weighted by molar-refractivity contribution is 5.74. The number of rotatable bonds is 7. The summed E-state index contributed by atoms with van der Waals surface area (Å²) < 4.78 is 0. The molecule has 7 nitrogen and oxygen atoms in total. The highest BCUT2D eigenvalue weighted by Gasteiger charge is 2.15. The maximum Gasteiger partial charge on any atom is 0.315 e. The van der Waals surface area contributed by atoms with Gasteiger partial charge < -0.3 is 15.7 Å². The normalized spacial score (nSPS) is 13.4. The second-order valence-electron chi connectivity index (χ2n) is 5.07. The quantitative estimate of drug-likeness (QED) is 0.619. The van der Waals surface area contributed by atoms with Crippen LogP contribution in [0, 0.1) is 0 Å². The third-order valence-corrected chi connectivity index (χ3v) is 3.45. The second kappa shape index (κ2) is 8.14. The molecule has 0 aliphatic carbocycles. The topological polar surface area (TPSA) is 103 Å². The van der Waals surface area contributed by atoms with Gasteiger partial charge in [-0.2, -0.15) is 5.10 Å². The minimum absolute atomic E-state index is 0.0807. The van der Waals surface area contributed by atoms with Gasteiger partial charge >= 0.3 is 6.03 Å². The van der Waals surface area contributed by atoms with E-state index in [0.29, 0.717) is 18.8 Å². The molecule has 2 amide bonds. The van der Waals surface area contributed by atoms with Crippen molar-refractivity contribution in [2.24, 2.45) is 0 Å². The molecule has 0 bridgehead atoms. The lowest BCUT2D eigenvalue weighted by atomic mass is 9.96. The van der Waals surface area contributed by atoms with Gasteiger partial charge in [0.2, 0.25) is 0 Å². The minimum Gasteiger partial charge on any atom is -0.396 e. The fraction of sp³-hybridized carbons (Fsp3) is 0.400. The van der Waals surface area contributed by atoms with E-state index in [1.807, 2.05) is 37.3 Å². The number of carbonyl (C=O) groups excluding carboxylic acids is 1. The highest BCUT2D eigenvalue weighted by atomic mass is 16.3. The number of nitrogens with one attached hydrogen (secondary N) is 3.